The van der Waals surface area contributed by atoms with Gasteiger partial charge in [0.2, 0.25) is 5.91 Å². The normalized spacial score (nSPS) is 16.6. The zero-order valence-corrected chi connectivity index (χ0v) is 8.99. The van der Waals surface area contributed by atoms with Gasteiger partial charge in [0.05, 0.1) is 6.61 Å². The highest BCUT2D eigenvalue weighted by Crippen LogP contribution is 2.06. The number of amides is 1. The Balaban J connectivity index is 1.86. The molecule has 4 heteroatoms. The van der Waals surface area contributed by atoms with E-state index in [-0.39, 0.29) is 18.3 Å². The first-order chi connectivity index (χ1) is 7.75. The fraction of sp³-hybridized carbons (Fsp3) is 0.417. The van der Waals surface area contributed by atoms with Gasteiger partial charge < -0.3 is 9.64 Å². The van der Waals surface area contributed by atoms with Crippen molar-refractivity contribution in [3.63, 3.8) is 0 Å². The molecule has 0 bridgehead atoms. The molecule has 1 saturated heterocycles. The molecule has 2 rings (SSSR count). The zero-order chi connectivity index (χ0) is 11.4. The summed E-state index contributed by atoms with van der Waals surface area (Å²) in [5, 5.41) is 0. The van der Waals surface area contributed by atoms with E-state index in [1.54, 1.807) is 17.0 Å². The van der Waals surface area contributed by atoms with Crippen molar-refractivity contribution in [2.45, 2.75) is 6.42 Å². The average Bonchev–Trinajstić information content (AvgIpc) is 2.30. The first-order valence-corrected chi connectivity index (χ1v) is 5.35. The lowest BCUT2D eigenvalue weighted by atomic mass is 10.1. The summed E-state index contributed by atoms with van der Waals surface area (Å²) in [6.07, 6.45) is 0.756. The van der Waals surface area contributed by atoms with Gasteiger partial charge in [-0.05, 0) is 24.1 Å². The second kappa shape index (κ2) is 5.07. The molecule has 0 N–H and O–H groups in total. The molecule has 0 atom stereocenters. The van der Waals surface area contributed by atoms with E-state index in [0.717, 1.165) is 12.0 Å². The second-order valence-corrected chi connectivity index (χ2v) is 3.81. The number of nitrogens with zero attached hydrogens (tertiary/aromatic N) is 1. The van der Waals surface area contributed by atoms with E-state index in [2.05, 4.69) is 0 Å². The van der Waals surface area contributed by atoms with Crippen LogP contribution < -0.4 is 0 Å². The van der Waals surface area contributed by atoms with Crippen molar-refractivity contribution in [2.24, 2.45) is 0 Å². The van der Waals surface area contributed by atoms with Crippen LogP contribution in [0.15, 0.2) is 24.3 Å². The van der Waals surface area contributed by atoms with Gasteiger partial charge in [0.15, 0.2) is 0 Å². The Hall–Kier alpha value is -1.42. The molecule has 0 aromatic heterocycles. The molecule has 1 heterocycles. The summed E-state index contributed by atoms with van der Waals surface area (Å²) >= 11 is 0. The van der Waals surface area contributed by atoms with E-state index in [4.69, 9.17) is 4.74 Å². The highest BCUT2D eigenvalue weighted by atomic mass is 19.1. The number of morpholine rings is 1. The first kappa shape index (κ1) is 11.1. The van der Waals surface area contributed by atoms with Crippen LogP contribution in [0.1, 0.15) is 5.56 Å². The fourth-order valence-electron chi connectivity index (χ4n) is 1.70. The van der Waals surface area contributed by atoms with Crippen molar-refractivity contribution in [3.05, 3.63) is 35.6 Å². The molecule has 1 aliphatic heterocycles. The van der Waals surface area contributed by atoms with Crippen LogP contribution in [0.5, 0.6) is 0 Å². The van der Waals surface area contributed by atoms with E-state index in [1.807, 2.05) is 0 Å². The van der Waals surface area contributed by atoms with Crippen LogP contribution in [-0.4, -0.2) is 37.1 Å². The van der Waals surface area contributed by atoms with Crippen molar-refractivity contribution in [3.8, 4) is 0 Å². The molecule has 86 valence electrons. The number of carbonyl (C=O) groups is 1. The molecule has 0 aliphatic carbocycles. The average molecular weight is 223 g/mol. The molecule has 3 nitrogen and oxygen atoms in total. The minimum atomic E-state index is -0.230. The van der Waals surface area contributed by atoms with Gasteiger partial charge in [0, 0.05) is 13.1 Å². The number of halogens is 1. The van der Waals surface area contributed by atoms with Crippen molar-refractivity contribution in [2.75, 3.05) is 26.3 Å². The Morgan fingerprint density at radius 2 is 2.06 bits per heavy atom. The quantitative estimate of drug-likeness (QED) is 0.771. The van der Waals surface area contributed by atoms with Crippen molar-refractivity contribution in [1.82, 2.24) is 4.90 Å². The van der Waals surface area contributed by atoms with Crippen LogP contribution in [0.3, 0.4) is 0 Å². The lowest BCUT2D eigenvalue weighted by molar-refractivity contribution is -0.142. The minimum absolute atomic E-state index is 0.0355. The van der Waals surface area contributed by atoms with E-state index < -0.39 is 0 Å². The van der Waals surface area contributed by atoms with E-state index in [0.29, 0.717) is 19.7 Å². The molecule has 0 unspecified atom stereocenters. The summed E-state index contributed by atoms with van der Waals surface area (Å²) in [7, 11) is 0. The summed E-state index contributed by atoms with van der Waals surface area (Å²) in [4.78, 5) is 13.2. The van der Waals surface area contributed by atoms with Crippen LogP contribution in [0.2, 0.25) is 0 Å². The van der Waals surface area contributed by atoms with Gasteiger partial charge in [-0.15, -0.1) is 0 Å². The van der Waals surface area contributed by atoms with Gasteiger partial charge in [0.25, 0.3) is 0 Å². The summed E-state index contributed by atoms with van der Waals surface area (Å²) in [5.41, 5.74) is 1.04. The Morgan fingerprint density at radius 3 is 2.75 bits per heavy atom. The number of hydrogen-bond donors (Lipinski definition) is 0. The van der Waals surface area contributed by atoms with Gasteiger partial charge >= 0.3 is 0 Å². The van der Waals surface area contributed by atoms with Crippen LogP contribution in [-0.2, 0) is 16.0 Å². The molecule has 1 aromatic carbocycles. The predicted molar refractivity (Wildman–Crippen MR) is 57.5 cm³/mol. The maximum Gasteiger partial charge on any atom is 0.248 e. The van der Waals surface area contributed by atoms with Crippen LogP contribution >= 0.6 is 0 Å². The molecular weight excluding hydrogens is 209 g/mol. The van der Waals surface area contributed by atoms with Gasteiger partial charge in [-0.1, -0.05) is 12.1 Å². The Kier molecular flexibility index (Phi) is 3.51. The van der Waals surface area contributed by atoms with Gasteiger partial charge in [-0.3, -0.25) is 4.79 Å². The summed E-state index contributed by atoms with van der Waals surface area (Å²) in [6.45, 7) is 2.12. The van der Waals surface area contributed by atoms with Crippen molar-refractivity contribution < 1.29 is 13.9 Å². The van der Waals surface area contributed by atoms with E-state index in [9.17, 15) is 9.18 Å². The predicted octanol–water partition coefficient (Wildman–Crippen LogP) is 1.23. The highest BCUT2D eigenvalue weighted by molar-refractivity contribution is 5.77. The molecular formula is C12H14FNO2. The lowest BCUT2D eigenvalue weighted by Gasteiger charge is -2.26. The number of benzene rings is 1. The first-order valence-electron chi connectivity index (χ1n) is 5.35. The van der Waals surface area contributed by atoms with Crippen molar-refractivity contribution in [1.29, 1.82) is 0 Å². The number of rotatable bonds is 3. The summed E-state index contributed by atoms with van der Waals surface area (Å²) < 4.78 is 17.7. The molecule has 0 spiro atoms. The SMILES string of the molecule is O=C1COCCN1CCc1ccc(F)cc1. The monoisotopic (exact) mass is 223 g/mol. The van der Waals surface area contributed by atoms with E-state index in [1.165, 1.54) is 12.1 Å². The molecule has 1 aliphatic rings. The maximum absolute atomic E-state index is 12.7. The molecule has 1 amide bonds. The Labute approximate surface area is 93.8 Å². The van der Waals surface area contributed by atoms with Gasteiger partial charge in [0.1, 0.15) is 12.4 Å². The van der Waals surface area contributed by atoms with E-state index >= 15 is 0 Å². The number of hydrogen-bond acceptors (Lipinski definition) is 2. The standard InChI is InChI=1S/C12H14FNO2/c13-11-3-1-10(2-4-11)5-6-14-7-8-16-9-12(14)15/h1-4H,5-9H2. The summed E-state index contributed by atoms with van der Waals surface area (Å²) in [6, 6.07) is 6.38. The Bertz CT molecular complexity index is 364. The molecule has 1 aromatic rings. The maximum atomic E-state index is 12.7. The number of ether oxygens (including phenoxy) is 1. The third-order valence-electron chi connectivity index (χ3n) is 2.67. The van der Waals surface area contributed by atoms with Crippen LogP contribution in [0.4, 0.5) is 4.39 Å². The third kappa shape index (κ3) is 2.79. The van der Waals surface area contributed by atoms with Crippen LogP contribution in [0.25, 0.3) is 0 Å². The van der Waals surface area contributed by atoms with Gasteiger partial charge in [-0.2, -0.15) is 0 Å². The summed E-state index contributed by atoms with van der Waals surface area (Å²) in [5.74, 6) is -0.195. The minimum Gasteiger partial charge on any atom is -0.370 e. The number of carbonyl (C=O) groups excluding carboxylic acids is 1. The van der Waals surface area contributed by atoms with Gasteiger partial charge in [-0.25, -0.2) is 4.39 Å². The fourth-order valence-corrected chi connectivity index (χ4v) is 1.70. The highest BCUT2D eigenvalue weighted by Gasteiger charge is 2.17. The molecule has 16 heavy (non-hydrogen) atoms. The molecule has 0 radical (unpaired) electrons. The molecule has 0 saturated carbocycles. The second-order valence-electron chi connectivity index (χ2n) is 3.81. The zero-order valence-electron chi connectivity index (χ0n) is 8.99. The topological polar surface area (TPSA) is 29.5 Å². The smallest absolute Gasteiger partial charge is 0.248 e. The van der Waals surface area contributed by atoms with Crippen molar-refractivity contribution >= 4 is 5.91 Å². The Morgan fingerprint density at radius 1 is 1.31 bits per heavy atom. The molecule has 1 fully saturated rings. The largest absolute Gasteiger partial charge is 0.370 e. The van der Waals surface area contributed by atoms with Crippen LogP contribution in [0, 0.1) is 5.82 Å². The third-order valence-corrected chi connectivity index (χ3v) is 2.67. The lowest BCUT2D eigenvalue weighted by Crippen LogP contribution is -2.42.